The third-order valence-corrected chi connectivity index (χ3v) is 3.16. The summed E-state index contributed by atoms with van der Waals surface area (Å²) in [5, 5.41) is 3.39. The van der Waals surface area contributed by atoms with Gasteiger partial charge in [0.2, 0.25) is 0 Å². The average molecular weight is 237 g/mol. The van der Waals surface area contributed by atoms with Crippen molar-refractivity contribution in [2.75, 3.05) is 6.54 Å². The van der Waals surface area contributed by atoms with Crippen molar-refractivity contribution in [1.82, 2.24) is 5.32 Å². The van der Waals surface area contributed by atoms with E-state index in [1.165, 1.54) is 12.5 Å². The Balaban J connectivity index is 2.01. The minimum atomic E-state index is -0.799. The summed E-state index contributed by atoms with van der Waals surface area (Å²) in [4.78, 5) is 0. The predicted molar refractivity (Wildman–Crippen MR) is 65.6 cm³/mol. The summed E-state index contributed by atoms with van der Waals surface area (Å²) >= 11 is 0. The zero-order chi connectivity index (χ0) is 12.3. The van der Waals surface area contributed by atoms with Crippen molar-refractivity contribution in [3.8, 4) is 0 Å². The lowest BCUT2D eigenvalue weighted by atomic mass is 9.94. The van der Waals surface area contributed by atoms with Gasteiger partial charge in [0.25, 0.3) is 0 Å². The molecule has 0 aromatic heterocycles. The van der Waals surface area contributed by atoms with Crippen molar-refractivity contribution in [2.24, 2.45) is 5.92 Å². The maximum atomic E-state index is 13.0. The molecule has 0 radical (unpaired) electrons. The number of hydrogen-bond donors (Lipinski definition) is 1. The minimum Gasteiger partial charge on any atom is -0.310 e. The highest BCUT2D eigenvalue weighted by Crippen LogP contribution is 2.17. The van der Waals surface area contributed by atoms with Gasteiger partial charge in [-0.25, -0.2) is 8.78 Å². The molecule has 1 aromatic rings. The molecule has 1 heterocycles. The molecule has 2 unspecified atom stereocenters. The average Bonchev–Trinajstić information content (AvgIpc) is 2.31. The van der Waals surface area contributed by atoms with Gasteiger partial charge < -0.3 is 5.32 Å². The summed E-state index contributed by atoms with van der Waals surface area (Å²) in [6.45, 7) is 3.26. The van der Waals surface area contributed by atoms with E-state index >= 15 is 0 Å². The number of halogens is 2. The van der Waals surface area contributed by atoms with Crippen LogP contribution >= 0.6 is 0 Å². The molecule has 1 aliphatic rings. The highest BCUT2D eigenvalue weighted by Gasteiger charge is 2.15. The van der Waals surface area contributed by atoms with Crippen molar-refractivity contribution >= 4 is 6.08 Å². The van der Waals surface area contributed by atoms with Gasteiger partial charge in [-0.3, -0.25) is 0 Å². The third-order valence-electron chi connectivity index (χ3n) is 3.16. The molecule has 1 nitrogen and oxygen atoms in total. The van der Waals surface area contributed by atoms with E-state index in [4.69, 9.17) is 0 Å². The van der Waals surface area contributed by atoms with E-state index in [9.17, 15) is 8.78 Å². The van der Waals surface area contributed by atoms with Gasteiger partial charge in [-0.05, 0) is 43.0 Å². The SMILES string of the molecule is CC1CCNC(/C=C/c2ccc(F)c(F)c2)C1. The molecule has 92 valence electrons. The van der Waals surface area contributed by atoms with E-state index in [0.717, 1.165) is 24.9 Å². The quantitative estimate of drug-likeness (QED) is 0.831. The number of rotatable bonds is 2. The highest BCUT2D eigenvalue weighted by molar-refractivity contribution is 5.50. The van der Waals surface area contributed by atoms with Gasteiger partial charge in [0.15, 0.2) is 11.6 Å². The minimum absolute atomic E-state index is 0.340. The van der Waals surface area contributed by atoms with Gasteiger partial charge >= 0.3 is 0 Å². The summed E-state index contributed by atoms with van der Waals surface area (Å²) < 4.78 is 25.7. The van der Waals surface area contributed by atoms with Crippen molar-refractivity contribution in [3.63, 3.8) is 0 Å². The molecule has 1 aromatic carbocycles. The zero-order valence-corrected chi connectivity index (χ0v) is 9.92. The number of piperidine rings is 1. The van der Waals surface area contributed by atoms with Crippen molar-refractivity contribution in [1.29, 1.82) is 0 Å². The first kappa shape index (κ1) is 12.2. The molecule has 17 heavy (non-hydrogen) atoms. The molecular weight excluding hydrogens is 220 g/mol. The van der Waals surface area contributed by atoms with E-state index in [1.807, 2.05) is 12.2 Å². The summed E-state index contributed by atoms with van der Waals surface area (Å²) in [6, 6.07) is 4.30. The predicted octanol–water partition coefficient (Wildman–Crippen LogP) is 3.37. The number of nitrogens with one attached hydrogen (secondary N) is 1. The lowest BCUT2D eigenvalue weighted by Crippen LogP contribution is -2.35. The number of benzene rings is 1. The largest absolute Gasteiger partial charge is 0.310 e. The second kappa shape index (κ2) is 5.41. The fourth-order valence-corrected chi connectivity index (χ4v) is 2.14. The number of hydrogen-bond acceptors (Lipinski definition) is 1. The van der Waals surface area contributed by atoms with Crippen molar-refractivity contribution in [3.05, 3.63) is 41.5 Å². The van der Waals surface area contributed by atoms with Crippen LogP contribution in [0.5, 0.6) is 0 Å². The first-order valence-corrected chi connectivity index (χ1v) is 6.02. The molecular formula is C14H17F2N. The maximum Gasteiger partial charge on any atom is 0.159 e. The van der Waals surface area contributed by atoms with Crippen LogP contribution in [0.3, 0.4) is 0 Å². The normalized spacial score (nSPS) is 25.4. The van der Waals surface area contributed by atoms with E-state index in [1.54, 1.807) is 6.07 Å². The Morgan fingerprint density at radius 1 is 1.29 bits per heavy atom. The van der Waals surface area contributed by atoms with Crippen LogP contribution in [0, 0.1) is 17.6 Å². The first-order valence-electron chi connectivity index (χ1n) is 6.02. The van der Waals surface area contributed by atoms with Crippen LogP contribution in [0.25, 0.3) is 6.08 Å². The van der Waals surface area contributed by atoms with Crippen molar-refractivity contribution in [2.45, 2.75) is 25.8 Å². The Morgan fingerprint density at radius 2 is 2.12 bits per heavy atom. The molecule has 0 saturated carbocycles. The summed E-state index contributed by atoms with van der Waals surface area (Å²) in [5.41, 5.74) is 0.698. The molecule has 0 bridgehead atoms. The van der Waals surface area contributed by atoms with Crippen LogP contribution in [-0.4, -0.2) is 12.6 Å². The Labute approximate surface area is 101 Å². The Kier molecular flexibility index (Phi) is 3.89. The van der Waals surface area contributed by atoms with Gasteiger partial charge in [0.05, 0.1) is 0 Å². The van der Waals surface area contributed by atoms with Crippen LogP contribution < -0.4 is 5.32 Å². The van der Waals surface area contributed by atoms with Gasteiger partial charge in [-0.1, -0.05) is 25.1 Å². The van der Waals surface area contributed by atoms with E-state index in [2.05, 4.69) is 12.2 Å². The van der Waals surface area contributed by atoms with Crippen LogP contribution in [0.1, 0.15) is 25.3 Å². The first-order chi connectivity index (χ1) is 8.15. The van der Waals surface area contributed by atoms with E-state index in [-0.39, 0.29) is 0 Å². The molecule has 3 heteroatoms. The smallest absolute Gasteiger partial charge is 0.159 e. The van der Waals surface area contributed by atoms with Gasteiger partial charge in [-0.15, -0.1) is 0 Å². The molecule has 2 rings (SSSR count). The van der Waals surface area contributed by atoms with Gasteiger partial charge in [0.1, 0.15) is 0 Å². The van der Waals surface area contributed by atoms with Gasteiger partial charge in [0, 0.05) is 6.04 Å². The standard InChI is InChI=1S/C14H17F2N/c1-10-6-7-17-12(8-10)4-2-11-3-5-13(15)14(16)9-11/h2-5,9-10,12,17H,6-8H2,1H3/b4-2+. The van der Waals surface area contributed by atoms with Crippen LogP contribution in [0.15, 0.2) is 24.3 Å². The monoisotopic (exact) mass is 237 g/mol. The third kappa shape index (κ3) is 3.37. The second-order valence-electron chi connectivity index (χ2n) is 4.72. The fraction of sp³-hybridized carbons (Fsp3) is 0.429. The highest BCUT2D eigenvalue weighted by atomic mass is 19.2. The fourth-order valence-electron chi connectivity index (χ4n) is 2.14. The van der Waals surface area contributed by atoms with Crippen LogP contribution in [0.4, 0.5) is 8.78 Å². The second-order valence-corrected chi connectivity index (χ2v) is 4.72. The molecule has 0 amide bonds. The Morgan fingerprint density at radius 3 is 2.82 bits per heavy atom. The Hall–Kier alpha value is -1.22. The summed E-state index contributed by atoms with van der Waals surface area (Å²) in [6.07, 6.45) is 6.18. The van der Waals surface area contributed by atoms with E-state index in [0.29, 0.717) is 11.6 Å². The van der Waals surface area contributed by atoms with Crippen molar-refractivity contribution < 1.29 is 8.78 Å². The zero-order valence-electron chi connectivity index (χ0n) is 9.92. The molecule has 1 saturated heterocycles. The molecule has 1 N–H and O–H groups in total. The topological polar surface area (TPSA) is 12.0 Å². The van der Waals surface area contributed by atoms with Gasteiger partial charge in [-0.2, -0.15) is 0 Å². The lowest BCUT2D eigenvalue weighted by molar-refractivity contribution is 0.357. The molecule has 0 spiro atoms. The van der Waals surface area contributed by atoms with Crippen LogP contribution in [0.2, 0.25) is 0 Å². The summed E-state index contributed by atoms with van der Waals surface area (Å²) in [7, 11) is 0. The van der Waals surface area contributed by atoms with E-state index < -0.39 is 11.6 Å². The summed E-state index contributed by atoms with van der Waals surface area (Å²) in [5.74, 6) is -0.875. The molecule has 0 aliphatic carbocycles. The maximum absolute atomic E-state index is 13.0. The molecule has 1 aliphatic heterocycles. The molecule has 1 fully saturated rings. The van der Waals surface area contributed by atoms with Crippen LogP contribution in [-0.2, 0) is 0 Å². The Bertz CT molecular complexity index is 415. The molecule has 2 atom stereocenters. The lowest BCUT2D eigenvalue weighted by Gasteiger charge is -2.25.